The number of nitrogens with zero attached hydrogens (tertiary/aromatic N) is 2. The number of methoxy groups -OCH3 is 1. The molecule has 1 amide bonds. The predicted octanol–water partition coefficient (Wildman–Crippen LogP) is 2.26. The van der Waals surface area contributed by atoms with Crippen LogP contribution in [0.25, 0.3) is 0 Å². The van der Waals surface area contributed by atoms with Crippen molar-refractivity contribution in [1.29, 1.82) is 0 Å². The van der Waals surface area contributed by atoms with Gasteiger partial charge >= 0.3 is 0 Å². The molecule has 1 aromatic rings. The topological polar surface area (TPSA) is 51.7 Å². The van der Waals surface area contributed by atoms with Crippen LogP contribution in [-0.4, -0.2) is 37.8 Å². The number of amides is 1. The van der Waals surface area contributed by atoms with Gasteiger partial charge in [0.15, 0.2) is 0 Å². The van der Waals surface area contributed by atoms with Gasteiger partial charge < -0.3 is 14.4 Å². The van der Waals surface area contributed by atoms with Crippen molar-refractivity contribution in [2.24, 2.45) is 5.92 Å². The van der Waals surface area contributed by atoms with Crippen molar-refractivity contribution in [3.63, 3.8) is 0 Å². The monoisotopic (exact) mass is 278 g/mol. The molecule has 0 aliphatic carbocycles. The van der Waals surface area contributed by atoms with E-state index in [1.807, 2.05) is 6.07 Å². The number of carbonyl (C=O) groups is 1. The molecular weight excluding hydrogens is 256 g/mol. The second-order valence-electron chi connectivity index (χ2n) is 5.02. The van der Waals surface area contributed by atoms with E-state index >= 15 is 0 Å². The van der Waals surface area contributed by atoms with E-state index in [4.69, 9.17) is 9.47 Å². The molecule has 0 N–H and O–H groups in total. The highest BCUT2D eigenvalue weighted by Crippen LogP contribution is 2.27. The average molecular weight is 278 g/mol. The summed E-state index contributed by atoms with van der Waals surface area (Å²) in [5.41, 5.74) is 0.774. The maximum absolute atomic E-state index is 12.6. The zero-order valence-corrected chi connectivity index (χ0v) is 12.3. The van der Waals surface area contributed by atoms with Gasteiger partial charge in [0, 0.05) is 19.7 Å². The van der Waals surface area contributed by atoms with Crippen LogP contribution >= 0.6 is 0 Å². The van der Waals surface area contributed by atoms with Gasteiger partial charge in [0.2, 0.25) is 11.8 Å². The zero-order valence-electron chi connectivity index (χ0n) is 12.3. The number of anilines is 1. The van der Waals surface area contributed by atoms with E-state index in [-0.39, 0.29) is 17.9 Å². The first-order valence-electron chi connectivity index (χ1n) is 7.06. The first-order valence-corrected chi connectivity index (χ1v) is 7.06. The molecule has 1 saturated heterocycles. The van der Waals surface area contributed by atoms with Gasteiger partial charge in [-0.15, -0.1) is 0 Å². The van der Waals surface area contributed by atoms with E-state index in [0.29, 0.717) is 5.88 Å². The Balaban J connectivity index is 2.10. The van der Waals surface area contributed by atoms with Crippen LogP contribution in [0.1, 0.15) is 26.2 Å². The molecule has 0 spiro atoms. The molecule has 2 rings (SSSR count). The summed E-state index contributed by atoms with van der Waals surface area (Å²) in [6.07, 6.45) is 4.39. The van der Waals surface area contributed by atoms with Gasteiger partial charge in [0.1, 0.15) is 0 Å². The van der Waals surface area contributed by atoms with Gasteiger partial charge in [-0.1, -0.05) is 6.92 Å². The lowest BCUT2D eigenvalue weighted by Gasteiger charge is -2.32. The Morgan fingerprint density at radius 2 is 2.35 bits per heavy atom. The number of aromatic nitrogens is 1. The minimum absolute atomic E-state index is 0.0323. The maximum atomic E-state index is 12.6. The molecule has 110 valence electrons. The minimum Gasteiger partial charge on any atom is -0.481 e. The van der Waals surface area contributed by atoms with Crippen LogP contribution in [0.2, 0.25) is 0 Å². The van der Waals surface area contributed by atoms with Gasteiger partial charge in [-0.2, -0.15) is 0 Å². The third-order valence-electron chi connectivity index (χ3n) is 3.81. The van der Waals surface area contributed by atoms with Crippen molar-refractivity contribution >= 4 is 11.6 Å². The largest absolute Gasteiger partial charge is 0.481 e. The highest BCUT2D eigenvalue weighted by molar-refractivity contribution is 5.94. The van der Waals surface area contributed by atoms with Crippen LogP contribution in [-0.2, 0) is 9.53 Å². The Labute approximate surface area is 119 Å². The second kappa shape index (κ2) is 6.70. The molecule has 0 saturated carbocycles. The van der Waals surface area contributed by atoms with Crippen molar-refractivity contribution in [3.8, 4) is 5.88 Å². The van der Waals surface area contributed by atoms with Gasteiger partial charge in [-0.05, 0) is 25.3 Å². The van der Waals surface area contributed by atoms with Crippen molar-refractivity contribution in [2.75, 3.05) is 25.7 Å². The Hall–Kier alpha value is -1.62. The van der Waals surface area contributed by atoms with E-state index < -0.39 is 0 Å². The molecule has 0 radical (unpaired) electrons. The average Bonchev–Trinajstić information content (AvgIpc) is 2.53. The predicted molar refractivity (Wildman–Crippen MR) is 77.0 cm³/mol. The van der Waals surface area contributed by atoms with E-state index in [1.165, 1.54) is 0 Å². The Morgan fingerprint density at radius 1 is 1.55 bits per heavy atom. The van der Waals surface area contributed by atoms with Crippen LogP contribution < -0.4 is 9.64 Å². The molecule has 5 nitrogen and oxygen atoms in total. The normalized spacial score (nSPS) is 22.4. The molecule has 1 aliphatic heterocycles. The number of hydrogen-bond acceptors (Lipinski definition) is 4. The lowest BCUT2D eigenvalue weighted by Crippen LogP contribution is -2.42. The Morgan fingerprint density at radius 3 is 2.95 bits per heavy atom. The molecular formula is C15H22N2O3. The molecule has 1 fully saturated rings. The number of rotatable bonds is 4. The van der Waals surface area contributed by atoms with Crippen molar-refractivity contribution in [3.05, 3.63) is 18.3 Å². The van der Waals surface area contributed by atoms with E-state index in [9.17, 15) is 4.79 Å². The standard InChI is InChI=1S/C15H22N2O3/c1-4-13-12(6-5-9-20-13)15(18)17(2)11-7-8-14(19-3)16-10-11/h7-8,10,12-13H,4-6,9H2,1-3H3/t12-,13-/m0/s1. The van der Waals surface area contributed by atoms with Crippen molar-refractivity contribution < 1.29 is 14.3 Å². The molecule has 5 heteroatoms. The first kappa shape index (κ1) is 14.8. The molecule has 1 aromatic heterocycles. The summed E-state index contributed by atoms with van der Waals surface area (Å²) < 4.78 is 10.7. The van der Waals surface area contributed by atoms with Crippen LogP contribution in [0.5, 0.6) is 5.88 Å². The fourth-order valence-corrected chi connectivity index (χ4v) is 2.59. The summed E-state index contributed by atoms with van der Waals surface area (Å²) in [6.45, 7) is 2.82. The minimum atomic E-state index is -0.0548. The fourth-order valence-electron chi connectivity index (χ4n) is 2.59. The Bertz CT molecular complexity index is 447. The van der Waals surface area contributed by atoms with Gasteiger partial charge in [0.25, 0.3) is 0 Å². The van der Waals surface area contributed by atoms with Crippen molar-refractivity contribution in [2.45, 2.75) is 32.3 Å². The summed E-state index contributed by atoms with van der Waals surface area (Å²) in [5, 5.41) is 0. The lowest BCUT2D eigenvalue weighted by atomic mass is 9.91. The van der Waals surface area contributed by atoms with Gasteiger partial charge in [0.05, 0.1) is 31.0 Å². The quantitative estimate of drug-likeness (QED) is 0.847. The summed E-state index contributed by atoms with van der Waals surface area (Å²) >= 11 is 0. The fraction of sp³-hybridized carbons (Fsp3) is 0.600. The van der Waals surface area contributed by atoms with Crippen molar-refractivity contribution in [1.82, 2.24) is 4.98 Å². The molecule has 0 aromatic carbocycles. The zero-order chi connectivity index (χ0) is 14.5. The Kier molecular flexibility index (Phi) is 4.95. The number of pyridine rings is 1. The molecule has 2 atom stereocenters. The molecule has 1 aliphatic rings. The number of hydrogen-bond donors (Lipinski definition) is 0. The summed E-state index contributed by atoms with van der Waals surface area (Å²) in [7, 11) is 3.36. The van der Waals surface area contributed by atoms with E-state index in [2.05, 4.69) is 11.9 Å². The smallest absolute Gasteiger partial charge is 0.232 e. The number of carbonyl (C=O) groups excluding carboxylic acids is 1. The van der Waals surface area contributed by atoms with E-state index in [1.54, 1.807) is 31.3 Å². The van der Waals surface area contributed by atoms with Crippen LogP contribution in [0.4, 0.5) is 5.69 Å². The highest BCUT2D eigenvalue weighted by atomic mass is 16.5. The van der Waals surface area contributed by atoms with Crippen LogP contribution in [0, 0.1) is 5.92 Å². The lowest BCUT2D eigenvalue weighted by molar-refractivity contribution is -0.131. The molecule has 0 bridgehead atoms. The summed E-state index contributed by atoms with van der Waals surface area (Å²) in [5.74, 6) is 0.589. The molecule has 0 unspecified atom stereocenters. The first-order chi connectivity index (χ1) is 9.67. The van der Waals surface area contributed by atoms with Crippen LogP contribution in [0.15, 0.2) is 18.3 Å². The third-order valence-corrected chi connectivity index (χ3v) is 3.81. The highest BCUT2D eigenvalue weighted by Gasteiger charge is 2.32. The summed E-state index contributed by atoms with van der Waals surface area (Å²) in [6, 6.07) is 3.60. The van der Waals surface area contributed by atoms with Gasteiger partial charge in [-0.25, -0.2) is 4.98 Å². The maximum Gasteiger partial charge on any atom is 0.232 e. The van der Waals surface area contributed by atoms with Crippen LogP contribution in [0.3, 0.4) is 0 Å². The van der Waals surface area contributed by atoms with E-state index in [0.717, 1.165) is 31.6 Å². The molecule has 2 heterocycles. The summed E-state index contributed by atoms with van der Waals surface area (Å²) in [4.78, 5) is 18.4. The number of ether oxygens (including phenoxy) is 2. The van der Waals surface area contributed by atoms with Gasteiger partial charge in [-0.3, -0.25) is 4.79 Å². The second-order valence-corrected chi connectivity index (χ2v) is 5.02. The molecule has 20 heavy (non-hydrogen) atoms. The third kappa shape index (κ3) is 3.10. The SMILES string of the molecule is CC[C@@H]1OCCC[C@@H]1C(=O)N(C)c1ccc(OC)nc1.